The van der Waals surface area contributed by atoms with Crippen molar-refractivity contribution in [3.8, 4) is 62.1 Å². The number of benzene rings is 7. The second-order valence-corrected chi connectivity index (χ2v) is 13.7. The van der Waals surface area contributed by atoms with Crippen LogP contribution in [-0.2, 0) is 12.4 Å². The summed E-state index contributed by atoms with van der Waals surface area (Å²) in [7, 11) is 0. The lowest BCUT2D eigenvalue weighted by Gasteiger charge is -2.24. The van der Waals surface area contributed by atoms with Gasteiger partial charge in [-0.15, -0.1) is 0 Å². The van der Waals surface area contributed by atoms with E-state index in [1.165, 1.54) is 48.5 Å². The predicted octanol–water partition coefficient (Wildman–Crippen LogP) is 13.9. The van der Waals surface area contributed by atoms with Gasteiger partial charge in [-0.2, -0.15) is 26.3 Å². The number of hydrogen-bond acceptors (Lipinski definition) is 3. The second-order valence-electron chi connectivity index (χ2n) is 13.7. The van der Waals surface area contributed by atoms with E-state index in [-0.39, 0.29) is 51.0 Å². The average Bonchev–Trinajstić information content (AvgIpc) is 3.59. The fourth-order valence-corrected chi connectivity index (χ4v) is 7.55. The van der Waals surface area contributed by atoms with E-state index in [2.05, 4.69) is 4.85 Å². The highest BCUT2D eigenvalue weighted by molar-refractivity contribution is 6.12. The zero-order valence-electron chi connectivity index (χ0n) is 30.6. The summed E-state index contributed by atoms with van der Waals surface area (Å²) in [6.07, 6.45) is -9.71. The van der Waals surface area contributed by atoms with Gasteiger partial charge in [-0.25, -0.2) is 19.8 Å². The van der Waals surface area contributed by atoms with Crippen molar-refractivity contribution in [1.82, 2.24) is 19.5 Å². The highest BCUT2D eigenvalue weighted by Crippen LogP contribution is 2.49. The molecule has 9 aromatic rings. The summed E-state index contributed by atoms with van der Waals surface area (Å²) in [6.45, 7) is 7.69. The molecule has 2 heterocycles. The molecule has 0 unspecified atom stereocenters. The van der Waals surface area contributed by atoms with E-state index in [4.69, 9.17) is 21.5 Å². The van der Waals surface area contributed by atoms with Crippen molar-refractivity contribution >= 4 is 27.5 Å². The lowest BCUT2D eigenvalue weighted by molar-refractivity contribution is -0.137. The quantitative estimate of drug-likeness (QED) is 0.125. The molecule has 0 saturated heterocycles. The molecule has 0 amide bonds. The van der Waals surface area contributed by atoms with Gasteiger partial charge in [0.15, 0.2) is 23.2 Å². The van der Waals surface area contributed by atoms with Gasteiger partial charge in [0.1, 0.15) is 0 Å². The molecule has 0 spiro atoms. The van der Waals surface area contributed by atoms with Gasteiger partial charge in [-0.05, 0) is 59.0 Å². The lowest BCUT2D eigenvalue weighted by Crippen LogP contribution is -2.11. The summed E-state index contributed by atoms with van der Waals surface area (Å²) in [5.41, 5.74) is 0.184. The SMILES string of the molecule is [C-]#[N+]c1ccc2c(c1)c1ccccc1n2-c1c(-c2ccccc2C(F)(F)F)cc(-c2nc(-c3ccccc3)nc(-c3ccccc3)n2)cc1-c1ccccc1C(F)(F)F. The number of rotatable bonds is 6. The third-order valence-electron chi connectivity index (χ3n) is 10.1. The van der Waals surface area contributed by atoms with Crippen molar-refractivity contribution in [2.75, 3.05) is 0 Å². The molecule has 0 saturated carbocycles. The van der Waals surface area contributed by atoms with Crippen molar-refractivity contribution < 1.29 is 26.3 Å². The van der Waals surface area contributed by atoms with Crippen LogP contribution < -0.4 is 0 Å². The second kappa shape index (κ2) is 14.4. The van der Waals surface area contributed by atoms with Crippen molar-refractivity contribution in [3.63, 3.8) is 0 Å². The zero-order valence-corrected chi connectivity index (χ0v) is 30.6. The molecule has 0 fully saturated rings. The van der Waals surface area contributed by atoms with E-state index in [9.17, 15) is 0 Å². The van der Waals surface area contributed by atoms with Crippen LogP contribution in [0.4, 0.5) is 32.0 Å². The van der Waals surface area contributed by atoms with Crippen LogP contribution >= 0.6 is 0 Å². The Kier molecular flexibility index (Phi) is 9.05. The van der Waals surface area contributed by atoms with Crippen LogP contribution in [0.1, 0.15) is 11.1 Å². The summed E-state index contributed by atoms with van der Waals surface area (Å²) < 4.78 is 92.5. The van der Waals surface area contributed by atoms with Crippen LogP contribution in [0.2, 0.25) is 0 Å². The minimum Gasteiger partial charge on any atom is -0.308 e. The summed E-state index contributed by atoms with van der Waals surface area (Å²) in [4.78, 5) is 18.0. The summed E-state index contributed by atoms with van der Waals surface area (Å²) in [5.74, 6) is 0.543. The Bertz CT molecular complexity index is 2960. The highest BCUT2D eigenvalue weighted by atomic mass is 19.4. The van der Waals surface area contributed by atoms with Crippen molar-refractivity contribution in [2.45, 2.75) is 12.4 Å². The molecule has 2 aromatic heterocycles. The van der Waals surface area contributed by atoms with Gasteiger partial charge < -0.3 is 4.57 Å². The first-order valence-electron chi connectivity index (χ1n) is 18.3. The molecule has 286 valence electrons. The van der Waals surface area contributed by atoms with Gasteiger partial charge in [-0.1, -0.05) is 121 Å². The Balaban J connectivity index is 1.49. The van der Waals surface area contributed by atoms with E-state index < -0.39 is 23.5 Å². The number of fused-ring (bicyclic) bond motifs is 3. The Labute approximate surface area is 333 Å². The van der Waals surface area contributed by atoms with Crippen molar-refractivity contribution in [1.29, 1.82) is 0 Å². The molecule has 9 rings (SSSR count). The topological polar surface area (TPSA) is 48.0 Å². The molecule has 0 atom stereocenters. The van der Waals surface area contributed by atoms with Gasteiger partial charge in [0, 0.05) is 33.2 Å². The standard InChI is InChI=1S/C48H27F6N5/c1-55-32-24-25-42-36(28-32)35-20-10-13-23-41(35)59(42)43-37(33-18-8-11-21-39(33)47(49,50)51)26-31(27-38(43)34-19-9-12-22-40(34)48(52,53)54)46-57-44(29-14-4-2-5-15-29)56-45(58-46)30-16-6-3-7-17-30/h2-28H. The van der Waals surface area contributed by atoms with Crippen LogP contribution in [0.15, 0.2) is 164 Å². The van der Waals surface area contributed by atoms with E-state index >= 15 is 26.3 Å². The van der Waals surface area contributed by atoms with Crippen molar-refractivity contribution in [2.24, 2.45) is 0 Å². The van der Waals surface area contributed by atoms with Gasteiger partial charge >= 0.3 is 12.4 Å². The molecule has 0 aliphatic carbocycles. The molecule has 7 aromatic carbocycles. The maximum Gasteiger partial charge on any atom is 0.417 e. The Morgan fingerprint density at radius 3 is 1.37 bits per heavy atom. The first kappa shape index (κ1) is 37.0. The third-order valence-corrected chi connectivity index (χ3v) is 10.1. The van der Waals surface area contributed by atoms with E-state index in [1.807, 2.05) is 18.2 Å². The van der Waals surface area contributed by atoms with E-state index in [1.54, 1.807) is 89.5 Å². The summed E-state index contributed by atoms with van der Waals surface area (Å²) >= 11 is 0. The number of para-hydroxylation sites is 1. The number of halogens is 6. The molecule has 0 aliphatic rings. The summed E-state index contributed by atoms with van der Waals surface area (Å²) in [5, 5.41) is 1.25. The normalized spacial score (nSPS) is 11.9. The Hall–Kier alpha value is -7.58. The minimum absolute atomic E-state index is 0.0257. The maximum atomic E-state index is 15.1. The molecule has 0 bridgehead atoms. The molecular formula is C48H27F6N5. The summed E-state index contributed by atoms with van der Waals surface area (Å²) in [6, 6.07) is 43.1. The minimum atomic E-state index is -4.85. The predicted molar refractivity (Wildman–Crippen MR) is 218 cm³/mol. The van der Waals surface area contributed by atoms with Crippen LogP contribution in [0.25, 0.3) is 88.8 Å². The first-order chi connectivity index (χ1) is 28.5. The van der Waals surface area contributed by atoms with E-state index in [0.29, 0.717) is 38.6 Å². The van der Waals surface area contributed by atoms with Gasteiger partial charge in [0.2, 0.25) is 0 Å². The molecule has 0 radical (unpaired) electrons. The van der Waals surface area contributed by atoms with Crippen LogP contribution in [-0.4, -0.2) is 19.5 Å². The van der Waals surface area contributed by atoms with Crippen LogP contribution in [0, 0.1) is 6.57 Å². The Morgan fingerprint density at radius 2 is 0.864 bits per heavy atom. The molecule has 11 heteroatoms. The van der Waals surface area contributed by atoms with Gasteiger partial charge in [-0.3, -0.25) is 0 Å². The first-order valence-corrected chi connectivity index (χ1v) is 18.3. The smallest absolute Gasteiger partial charge is 0.308 e. The highest BCUT2D eigenvalue weighted by Gasteiger charge is 2.37. The van der Waals surface area contributed by atoms with Crippen LogP contribution in [0.3, 0.4) is 0 Å². The molecular weight excluding hydrogens is 761 g/mol. The molecule has 0 N–H and O–H groups in total. The Morgan fingerprint density at radius 1 is 0.424 bits per heavy atom. The van der Waals surface area contributed by atoms with Gasteiger partial charge in [0.05, 0.1) is 34.4 Å². The lowest BCUT2D eigenvalue weighted by atomic mass is 9.88. The van der Waals surface area contributed by atoms with Crippen molar-refractivity contribution in [3.05, 3.63) is 186 Å². The number of aromatic nitrogens is 4. The third kappa shape index (κ3) is 6.74. The number of nitrogens with zero attached hydrogens (tertiary/aromatic N) is 5. The number of alkyl halides is 6. The fourth-order valence-electron chi connectivity index (χ4n) is 7.55. The maximum absolute atomic E-state index is 15.1. The molecule has 5 nitrogen and oxygen atoms in total. The largest absolute Gasteiger partial charge is 0.417 e. The van der Waals surface area contributed by atoms with E-state index in [0.717, 1.165) is 12.1 Å². The fraction of sp³-hybridized carbons (Fsp3) is 0.0417. The monoisotopic (exact) mass is 787 g/mol. The zero-order chi connectivity index (χ0) is 40.9. The van der Waals surface area contributed by atoms with Gasteiger partial charge in [0.25, 0.3) is 0 Å². The average molecular weight is 788 g/mol. The van der Waals surface area contributed by atoms with Crippen LogP contribution in [0.5, 0.6) is 0 Å². The molecule has 59 heavy (non-hydrogen) atoms. The number of hydrogen-bond donors (Lipinski definition) is 0. The molecule has 0 aliphatic heterocycles.